The summed E-state index contributed by atoms with van der Waals surface area (Å²) in [6.45, 7) is 9.81. The first-order chi connectivity index (χ1) is 16.9. The number of piperidine rings is 2. The smallest absolute Gasteiger partial charge is 0.410 e. The zero-order valence-electron chi connectivity index (χ0n) is 21.7. The second-order valence-corrected chi connectivity index (χ2v) is 10.7. The molecular formula is C28H42FN3O3. The van der Waals surface area contributed by atoms with E-state index in [4.69, 9.17) is 4.74 Å². The second kappa shape index (κ2) is 11.3. The maximum absolute atomic E-state index is 13.2. The fourth-order valence-corrected chi connectivity index (χ4v) is 6.44. The number of carbonyl (C=O) groups excluding carboxylic acids is 2. The molecular weight excluding hydrogens is 445 g/mol. The Labute approximate surface area is 209 Å². The molecule has 1 atom stereocenters. The van der Waals surface area contributed by atoms with Gasteiger partial charge in [0.2, 0.25) is 0 Å². The number of carbonyl (C=O) groups is 2. The van der Waals surface area contributed by atoms with Gasteiger partial charge < -0.3 is 14.5 Å². The van der Waals surface area contributed by atoms with Crippen molar-refractivity contribution >= 4 is 12.0 Å². The summed E-state index contributed by atoms with van der Waals surface area (Å²) in [5.41, 5.74) is 2.53. The van der Waals surface area contributed by atoms with Gasteiger partial charge in [0, 0.05) is 63.1 Å². The lowest BCUT2D eigenvalue weighted by atomic mass is 9.75. The van der Waals surface area contributed by atoms with Crippen LogP contribution in [0.25, 0.3) is 0 Å². The molecule has 3 heterocycles. The van der Waals surface area contributed by atoms with Gasteiger partial charge in [0.25, 0.3) is 5.91 Å². The van der Waals surface area contributed by atoms with Gasteiger partial charge in [0.1, 0.15) is 12.3 Å². The Hall–Kier alpha value is -2.15. The second-order valence-electron chi connectivity index (χ2n) is 10.7. The van der Waals surface area contributed by atoms with Gasteiger partial charge in [-0.2, -0.15) is 0 Å². The predicted octanol–water partition coefficient (Wildman–Crippen LogP) is 4.97. The van der Waals surface area contributed by atoms with E-state index in [-0.39, 0.29) is 24.5 Å². The summed E-state index contributed by atoms with van der Waals surface area (Å²) in [4.78, 5) is 31.9. The first kappa shape index (κ1) is 25.9. The van der Waals surface area contributed by atoms with E-state index in [2.05, 4.69) is 11.8 Å². The average molecular weight is 488 g/mol. The number of hydrogen-bond acceptors (Lipinski definition) is 4. The molecule has 1 aromatic carbocycles. The summed E-state index contributed by atoms with van der Waals surface area (Å²) in [7, 11) is 0. The highest BCUT2D eigenvalue weighted by atomic mass is 19.1. The number of amides is 2. The average Bonchev–Trinajstić information content (AvgIpc) is 2.85. The summed E-state index contributed by atoms with van der Waals surface area (Å²) in [5.74, 6) is 0.424. The molecule has 3 saturated heterocycles. The highest BCUT2D eigenvalue weighted by molar-refractivity contribution is 5.97. The minimum atomic E-state index is -0.527. The van der Waals surface area contributed by atoms with Crippen molar-refractivity contribution in [2.45, 2.75) is 77.4 Å². The highest BCUT2D eigenvalue weighted by Crippen LogP contribution is 2.41. The first-order valence-electron chi connectivity index (χ1n) is 13.5. The number of benzene rings is 1. The van der Waals surface area contributed by atoms with Crippen LogP contribution >= 0.6 is 0 Å². The van der Waals surface area contributed by atoms with Crippen molar-refractivity contribution in [1.82, 2.24) is 14.7 Å². The Bertz CT molecular complexity index is 871. The minimum absolute atomic E-state index is 0.128. The molecule has 0 N–H and O–H groups in total. The Morgan fingerprint density at radius 3 is 2.37 bits per heavy atom. The van der Waals surface area contributed by atoms with E-state index in [9.17, 15) is 14.0 Å². The van der Waals surface area contributed by atoms with Crippen LogP contribution < -0.4 is 0 Å². The molecule has 194 valence electrons. The molecule has 2 amide bonds. The van der Waals surface area contributed by atoms with E-state index in [0.29, 0.717) is 12.6 Å². The van der Waals surface area contributed by atoms with E-state index < -0.39 is 12.3 Å². The van der Waals surface area contributed by atoms with Gasteiger partial charge in [-0.05, 0) is 44.2 Å². The van der Waals surface area contributed by atoms with Gasteiger partial charge in [-0.3, -0.25) is 9.69 Å². The Kier molecular flexibility index (Phi) is 8.35. The van der Waals surface area contributed by atoms with Crippen molar-refractivity contribution in [2.24, 2.45) is 5.92 Å². The summed E-state index contributed by atoms with van der Waals surface area (Å²) >= 11 is 0. The summed E-state index contributed by atoms with van der Waals surface area (Å²) in [6.07, 6.45) is 6.53. The molecule has 1 unspecified atom stereocenters. The van der Waals surface area contributed by atoms with Crippen LogP contribution in [0.1, 0.15) is 73.4 Å². The van der Waals surface area contributed by atoms with Crippen LogP contribution in [0.2, 0.25) is 0 Å². The number of ether oxygens (including phenoxy) is 1. The monoisotopic (exact) mass is 487 g/mol. The van der Waals surface area contributed by atoms with Gasteiger partial charge in [-0.25, -0.2) is 9.18 Å². The molecule has 3 fully saturated rings. The number of nitrogens with zero attached hydrogens (tertiary/aromatic N) is 3. The fraction of sp³-hybridized carbons (Fsp3) is 0.714. The number of halogens is 1. The number of rotatable bonds is 7. The molecule has 0 aromatic heterocycles. The van der Waals surface area contributed by atoms with Crippen LogP contribution in [0.4, 0.5) is 9.18 Å². The van der Waals surface area contributed by atoms with Crippen molar-refractivity contribution in [2.75, 3.05) is 45.9 Å². The molecule has 0 saturated carbocycles. The van der Waals surface area contributed by atoms with Crippen molar-refractivity contribution in [1.29, 1.82) is 0 Å². The maximum Gasteiger partial charge on any atom is 0.410 e. The summed E-state index contributed by atoms with van der Waals surface area (Å²) < 4.78 is 19.0. The molecule has 6 nitrogen and oxygen atoms in total. The lowest BCUT2D eigenvalue weighted by Gasteiger charge is -2.52. The van der Waals surface area contributed by atoms with Crippen molar-refractivity contribution in [3.8, 4) is 0 Å². The van der Waals surface area contributed by atoms with Crippen LogP contribution in [-0.4, -0.2) is 84.3 Å². The molecule has 7 heteroatoms. The van der Waals surface area contributed by atoms with Gasteiger partial charge >= 0.3 is 6.09 Å². The molecule has 0 aliphatic carbocycles. The quantitative estimate of drug-likeness (QED) is 0.545. The molecule has 3 aliphatic heterocycles. The number of likely N-dealkylation sites (tertiary alicyclic amines) is 2. The van der Waals surface area contributed by atoms with Crippen molar-refractivity contribution in [3.63, 3.8) is 0 Å². The normalized spacial score (nSPS) is 23.5. The Morgan fingerprint density at radius 1 is 1.11 bits per heavy atom. The van der Waals surface area contributed by atoms with E-state index in [0.717, 1.165) is 87.8 Å². The third-order valence-corrected chi connectivity index (χ3v) is 8.60. The van der Waals surface area contributed by atoms with Gasteiger partial charge in [-0.15, -0.1) is 0 Å². The number of unbranched alkanes of at least 4 members (excludes halogenated alkanes) is 1. The zero-order chi connectivity index (χ0) is 25.0. The van der Waals surface area contributed by atoms with Crippen LogP contribution in [0, 0.1) is 19.8 Å². The number of alkyl halides is 1. The molecule has 1 aromatic rings. The SMILES string of the molecule is CCCCC1CN(CCF)C(=O)OC12CCN(C1CCN(C(=O)c3c(C)cccc3C)CC1)CC2. The molecule has 4 rings (SSSR count). The van der Waals surface area contributed by atoms with E-state index >= 15 is 0 Å². The van der Waals surface area contributed by atoms with Gasteiger partial charge in [0.15, 0.2) is 0 Å². The first-order valence-corrected chi connectivity index (χ1v) is 13.5. The third-order valence-electron chi connectivity index (χ3n) is 8.60. The van der Waals surface area contributed by atoms with E-state index in [1.54, 1.807) is 4.90 Å². The lowest BCUT2D eigenvalue weighted by molar-refractivity contribution is -0.126. The molecule has 3 aliphatic rings. The van der Waals surface area contributed by atoms with E-state index in [1.165, 1.54) is 0 Å². The van der Waals surface area contributed by atoms with Gasteiger partial charge in [-0.1, -0.05) is 38.0 Å². The van der Waals surface area contributed by atoms with Crippen LogP contribution in [0.5, 0.6) is 0 Å². The van der Waals surface area contributed by atoms with Crippen LogP contribution in [0.3, 0.4) is 0 Å². The standard InChI is InChI=1S/C28H42FN3O3/c1-4-5-9-23-20-32(19-14-29)27(34)35-28(23)12-17-30(18-13-28)24-10-15-31(16-11-24)26(33)25-21(2)7-6-8-22(25)3/h6-8,23-24H,4-5,9-20H2,1-3H3. The molecule has 1 spiro atoms. The topological polar surface area (TPSA) is 53.1 Å². The van der Waals surface area contributed by atoms with Gasteiger partial charge in [0.05, 0.1) is 6.54 Å². The fourth-order valence-electron chi connectivity index (χ4n) is 6.44. The van der Waals surface area contributed by atoms with E-state index in [1.807, 2.05) is 36.9 Å². The third kappa shape index (κ3) is 5.50. The van der Waals surface area contributed by atoms with Crippen LogP contribution in [0.15, 0.2) is 18.2 Å². The summed E-state index contributed by atoms with van der Waals surface area (Å²) in [5, 5.41) is 0. The van der Waals surface area contributed by atoms with Crippen molar-refractivity contribution < 1.29 is 18.7 Å². The zero-order valence-corrected chi connectivity index (χ0v) is 21.7. The minimum Gasteiger partial charge on any atom is -0.442 e. The number of aryl methyl sites for hydroxylation is 2. The Balaban J connectivity index is 1.34. The summed E-state index contributed by atoms with van der Waals surface area (Å²) in [6, 6.07) is 6.50. The van der Waals surface area contributed by atoms with Crippen molar-refractivity contribution in [3.05, 3.63) is 34.9 Å². The Morgan fingerprint density at radius 2 is 1.77 bits per heavy atom. The number of hydrogen-bond donors (Lipinski definition) is 0. The van der Waals surface area contributed by atoms with Crippen LogP contribution in [-0.2, 0) is 4.74 Å². The predicted molar refractivity (Wildman–Crippen MR) is 135 cm³/mol. The molecule has 0 radical (unpaired) electrons. The largest absolute Gasteiger partial charge is 0.442 e. The highest BCUT2D eigenvalue weighted by Gasteiger charge is 2.50. The lowest BCUT2D eigenvalue weighted by Crippen LogP contribution is -2.61. The molecule has 0 bridgehead atoms. The maximum atomic E-state index is 13.2. The molecule has 35 heavy (non-hydrogen) atoms.